The van der Waals surface area contributed by atoms with Crippen LogP contribution in [0.25, 0.3) is 0 Å². The topological polar surface area (TPSA) is 98.2 Å². The van der Waals surface area contributed by atoms with Crippen molar-refractivity contribution >= 4 is 12.2 Å². The molecule has 0 atom stereocenters. The Morgan fingerprint density at radius 2 is 1.90 bits per heavy atom. The molecule has 7 heteroatoms. The van der Waals surface area contributed by atoms with Gasteiger partial charge in [0, 0.05) is 5.41 Å². The van der Waals surface area contributed by atoms with Crippen molar-refractivity contribution in [1.29, 1.82) is 0 Å². The maximum atomic E-state index is 12.1. The molecule has 0 amide bonds. The first-order chi connectivity index (χ1) is 9.89. The molecule has 1 heterocycles. The molecule has 110 valence electrons. The van der Waals surface area contributed by atoms with Crippen LogP contribution in [0.5, 0.6) is 0 Å². The Labute approximate surface area is 122 Å². The van der Waals surface area contributed by atoms with Crippen LogP contribution in [0, 0.1) is 0 Å². The van der Waals surface area contributed by atoms with E-state index < -0.39 is 11.0 Å². The molecular formula is C14H18N6O. The number of hydrazone groups is 1. The molecule has 0 fully saturated rings. The van der Waals surface area contributed by atoms with Gasteiger partial charge in [-0.2, -0.15) is 9.78 Å². The van der Waals surface area contributed by atoms with E-state index in [0.717, 1.165) is 10.2 Å². The van der Waals surface area contributed by atoms with Crippen molar-refractivity contribution in [2.45, 2.75) is 26.2 Å². The highest BCUT2D eigenvalue weighted by atomic mass is 16.1. The average Bonchev–Trinajstić information content (AvgIpc) is 2.43. The van der Waals surface area contributed by atoms with Crippen LogP contribution in [-0.4, -0.2) is 21.1 Å². The molecule has 0 aliphatic carbocycles. The van der Waals surface area contributed by atoms with Gasteiger partial charge in [-0.15, -0.1) is 10.2 Å². The Morgan fingerprint density at radius 3 is 2.52 bits per heavy atom. The van der Waals surface area contributed by atoms with E-state index in [9.17, 15) is 4.79 Å². The molecule has 0 aliphatic heterocycles. The van der Waals surface area contributed by atoms with Gasteiger partial charge in [-0.1, -0.05) is 51.1 Å². The van der Waals surface area contributed by atoms with Crippen molar-refractivity contribution in [3.63, 3.8) is 0 Å². The van der Waals surface area contributed by atoms with Crippen LogP contribution in [0.3, 0.4) is 0 Å². The third-order valence-electron chi connectivity index (χ3n) is 2.78. The van der Waals surface area contributed by atoms with E-state index in [-0.39, 0.29) is 5.95 Å². The predicted octanol–water partition coefficient (Wildman–Crippen LogP) is 1.10. The quantitative estimate of drug-likeness (QED) is 0.500. The summed E-state index contributed by atoms with van der Waals surface area (Å²) in [5.74, 6) is 5.81. The Hall–Kier alpha value is -2.70. The second kappa shape index (κ2) is 5.74. The largest absolute Gasteiger partial charge is 0.333 e. The van der Waals surface area contributed by atoms with Crippen molar-refractivity contribution < 1.29 is 0 Å². The maximum Gasteiger partial charge on any atom is 0.295 e. The third kappa shape index (κ3) is 3.44. The van der Waals surface area contributed by atoms with Crippen LogP contribution in [-0.2, 0) is 5.41 Å². The van der Waals surface area contributed by atoms with E-state index >= 15 is 0 Å². The van der Waals surface area contributed by atoms with Gasteiger partial charge in [0.05, 0.1) is 6.21 Å². The van der Waals surface area contributed by atoms with Crippen LogP contribution in [0.1, 0.15) is 32.0 Å². The number of nitrogens with one attached hydrogen (secondary N) is 1. The number of nitrogens with two attached hydrogens (primary N) is 1. The minimum Gasteiger partial charge on any atom is -0.333 e. The van der Waals surface area contributed by atoms with E-state index in [1.807, 2.05) is 51.1 Å². The molecule has 0 bridgehead atoms. The first-order valence-corrected chi connectivity index (χ1v) is 6.49. The summed E-state index contributed by atoms with van der Waals surface area (Å²) in [6, 6.07) is 9.51. The molecule has 21 heavy (non-hydrogen) atoms. The van der Waals surface area contributed by atoms with Crippen LogP contribution < -0.4 is 16.8 Å². The number of aromatic nitrogens is 3. The summed E-state index contributed by atoms with van der Waals surface area (Å²) in [5.41, 5.74) is 3.02. The van der Waals surface area contributed by atoms with E-state index in [4.69, 9.17) is 5.84 Å². The molecule has 2 aromatic rings. The fourth-order valence-corrected chi connectivity index (χ4v) is 1.65. The van der Waals surface area contributed by atoms with Gasteiger partial charge in [0.2, 0.25) is 0 Å². The number of benzene rings is 1. The molecule has 0 saturated heterocycles. The molecule has 7 nitrogen and oxygen atoms in total. The third-order valence-corrected chi connectivity index (χ3v) is 2.78. The summed E-state index contributed by atoms with van der Waals surface area (Å²) in [5, 5.41) is 11.8. The molecule has 0 radical (unpaired) electrons. The van der Waals surface area contributed by atoms with E-state index in [1.165, 1.54) is 0 Å². The molecular weight excluding hydrogens is 268 g/mol. The van der Waals surface area contributed by atoms with Crippen LogP contribution >= 0.6 is 0 Å². The Morgan fingerprint density at radius 1 is 1.24 bits per heavy atom. The van der Waals surface area contributed by atoms with Gasteiger partial charge in [0.25, 0.3) is 11.5 Å². The fourth-order valence-electron chi connectivity index (χ4n) is 1.65. The average molecular weight is 286 g/mol. The van der Waals surface area contributed by atoms with Gasteiger partial charge in [-0.3, -0.25) is 4.79 Å². The smallest absolute Gasteiger partial charge is 0.295 e. The van der Waals surface area contributed by atoms with Crippen molar-refractivity contribution in [2.24, 2.45) is 5.10 Å². The first-order valence-electron chi connectivity index (χ1n) is 6.49. The lowest BCUT2D eigenvalue weighted by Gasteiger charge is -2.16. The molecule has 3 N–H and O–H groups in total. The number of anilines is 1. The molecule has 1 aromatic carbocycles. The van der Waals surface area contributed by atoms with Crippen LogP contribution in [0.15, 0.2) is 40.2 Å². The monoisotopic (exact) mass is 286 g/mol. The zero-order valence-corrected chi connectivity index (χ0v) is 12.2. The number of nitrogens with zero attached hydrogens (tertiary/aromatic N) is 4. The van der Waals surface area contributed by atoms with Gasteiger partial charge < -0.3 is 5.84 Å². The summed E-state index contributed by atoms with van der Waals surface area (Å²) in [4.78, 5) is 12.1. The summed E-state index contributed by atoms with van der Waals surface area (Å²) in [6.07, 6.45) is 1.60. The lowest BCUT2D eigenvalue weighted by Crippen LogP contribution is -2.38. The molecule has 0 unspecified atom stereocenters. The summed E-state index contributed by atoms with van der Waals surface area (Å²) in [6.45, 7) is 5.62. The lowest BCUT2D eigenvalue weighted by molar-refractivity contribution is 0.538. The Bertz CT molecular complexity index is 700. The SMILES string of the molecule is CC(C)(C)c1nnc(NN=Cc2ccccc2)n(N)c1=O. The molecule has 0 aliphatic rings. The van der Waals surface area contributed by atoms with Crippen LogP contribution in [0.2, 0.25) is 0 Å². The van der Waals surface area contributed by atoms with Crippen molar-refractivity contribution in [3.8, 4) is 0 Å². The standard InChI is InChI=1S/C14H18N6O/c1-14(2,3)11-12(21)20(15)13(19-17-11)18-16-9-10-7-5-4-6-8-10/h4-9H,15H2,1-3H3,(H,18,19). The van der Waals surface area contributed by atoms with E-state index in [2.05, 4.69) is 20.7 Å². The van der Waals surface area contributed by atoms with Gasteiger partial charge in [-0.25, -0.2) is 5.43 Å². The zero-order chi connectivity index (χ0) is 15.5. The second-order valence-electron chi connectivity index (χ2n) is 5.58. The predicted molar refractivity (Wildman–Crippen MR) is 82.8 cm³/mol. The van der Waals surface area contributed by atoms with Crippen molar-refractivity contribution in [2.75, 3.05) is 11.3 Å². The van der Waals surface area contributed by atoms with E-state index in [0.29, 0.717) is 5.69 Å². The number of hydrogen-bond acceptors (Lipinski definition) is 6. The Balaban J connectivity index is 2.21. The van der Waals surface area contributed by atoms with Gasteiger partial charge in [0.15, 0.2) is 0 Å². The maximum absolute atomic E-state index is 12.1. The zero-order valence-electron chi connectivity index (χ0n) is 12.2. The second-order valence-corrected chi connectivity index (χ2v) is 5.58. The minimum absolute atomic E-state index is 0.0835. The van der Waals surface area contributed by atoms with Gasteiger partial charge in [0.1, 0.15) is 5.69 Å². The molecule has 0 spiro atoms. The summed E-state index contributed by atoms with van der Waals surface area (Å²) < 4.78 is 0.913. The molecule has 2 rings (SSSR count). The lowest BCUT2D eigenvalue weighted by atomic mass is 9.93. The highest BCUT2D eigenvalue weighted by Gasteiger charge is 2.22. The summed E-state index contributed by atoms with van der Waals surface area (Å²) in [7, 11) is 0. The highest BCUT2D eigenvalue weighted by Crippen LogP contribution is 2.15. The fraction of sp³-hybridized carbons (Fsp3) is 0.286. The molecule has 0 saturated carbocycles. The summed E-state index contributed by atoms with van der Waals surface area (Å²) >= 11 is 0. The first kappa shape index (κ1) is 14.7. The number of nitrogen functional groups attached to an aromatic ring is 1. The van der Waals surface area contributed by atoms with Gasteiger partial charge >= 0.3 is 0 Å². The normalized spacial score (nSPS) is 11.8. The Kier molecular flexibility index (Phi) is 4.02. The van der Waals surface area contributed by atoms with Gasteiger partial charge in [-0.05, 0) is 5.56 Å². The highest BCUT2D eigenvalue weighted by molar-refractivity contribution is 5.79. The van der Waals surface area contributed by atoms with Crippen molar-refractivity contribution in [3.05, 3.63) is 51.9 Å². The molecule has 1 aromatic heterocycles. The van der Waals surface area contributed by atoms with Crippen LogP contribution in [0.4, 0.5) is 5.95 Å². The van der Waals surface area contributed by atoms with Crippen molar-refractivity contribution in [1.82, 2.24) is 14.9 Å². The number of rotatable bonds is 3. The minimum atomic E-state index is -0.420. The van der Waals surface area contributed by atoms with E-state index in [1.54, 1.807) is 6.21 Å². The number of hydrogen-bond donors (Lipinski definition) is 2.